The number of ether oxygens (including phenoxy) is 3. The normalized spacial score (nSPS) is 23.9. The van der Waals surface area contributed by atoms with Crippen LogP contribution in [0.25, 0.3) is 6.08 Å². The van der Waals surface area contributed by atoms with Crippen molar-refractivity contribution in [2.75, 3.05) is 13.9 Å². The van der Waals surface area contributed by atoms with Crippen molar-refractivity contribution in [2.24, 2.45) is 0 Å². The molecule has 1 heterocycles. The first kappa shape index (κ1) is 12.9. The van der Waals surface area contributed by atoms with Gasteiger partial charge >= 0.3 is 5.97 Å². The number of rotatable bonds is 3. The van der Waals surface area contributed by atoms with E-state index in [-0.39, 0.29) is 25.0 Å². The Bertz CT molecular complexity index is 604. The molecule has 104 valence electrons. The summed E-state index contributed by atoms with van der Waals surface area (Å²) in [7, 11) is 1.53. The Morgan fingerprint density at radius 1 is 1.30 bits per heavy atom. The minimum absolute atomic E-state index is 0.120. The lowest BCUT2D eigenvalue weighted by Gasteiger charge is -2.30. The molecule has 0 aromatic heterocycles. The lowest BCUT2D eigenvalue weighted by atomic mass is 9.80. The van der Waals surface area contributed by atoms with Crippen molar-refractivity contribution in [3.63, 3.8) is 0 Å². The third kappa shape index (κ3) is 1.91. The standard InChI is InChI=1S/C15H14O5/c1-18-9-19-11-4-2-10-3-5-13(16)15(12(10)8-11)7-6-14(17)20-15/h2-5,8H,6-7,9H2,1H3/t15-/m0/s1. The molecule has 0 amide bonds. The van der Waals surface area contributed by atoms with E-state index in [1.807, 2.05) is 6.07 Å². The topological polar surface area (TPSA) is 61.8 Å². The zero-order valence-electron chi connectivity index (χ0n) is 11.0. The van der Waals surface area contributed by atoms with Crippen molar-refractivity contribution < 1.29 is 23.8 Å². The van der Waals surface area contributed by atoms with Gasteiger partial charge in [0.1, 0.15) is 5.75 Å². The Labute approximate surface area is 116 Å². The highest BCUT2D eigenvalue weighted by Gasteiger charge is 2.49. The van der Waals surface area contributed by atoms with Gasteiger partial charge in [0.15, 0.2) is 12.4 Å². The van der Waals surface area contributed by atoms with E-state index in [4.69, 9.17) is 14.2 Å². The van der Waals surface area contributed by atoms with Crippen molar-refractivity contribution in [1.82, 2.24) is 0 Å². The second kappa shape index (κ2) is 4.76. The fraction of sp³-hybridized carbons (Fsp3) is 0.333. The summed E-state index contributed by atoms with van der Waals surface area (Å²) in [4.78, 5) is 23.7. The molecular weight excluding hydrogens is 260 g/mol. The average molecular weight is 274 g/mol. The summed E-state index contributed by atoms with van der Waals surface area (Å²) in [6, 6.07) is 5.38. The number of esters is 1. The molecule has 1 aromatic rings. The number of hydrogen-bond acceptors (Lipinski definition) is 5. The van der Waals surface area contributed by atoms with E-state index in [9.17, 15) is 9.59 Å². The van der Waals surface area contributed by atoms with Crippen molar-refractivity contribution in [3.8, 4) is 5.75 Å². The molecule has 1 saturated heterocycles. The van der Waals surface area contributed by atoms with Crippen LogP contribution in [0.5, 0.6) is 5.75 Å². The molecule has 5 heteroatoms. The quantitative estimate of drug-likeness (QED) is 0.621. The lowest BCUT2D eigenvalue weighted by molar-refractivity contribution is -0.156. The Morgan fingerprint density at radius 2 is 2.15 bits per heavy atom. The number of carbonyl (C=O) groups is 2. The second-order valence-corrected chi connectivity index (χ2v) is 4.80. The van der Waals surface area contributed by atoms with Crippen molar-refractivity contribution in [1.29, 1.82) is 0 Å². The monoisotopic (exact) mass is 274 g/mol. The molecule has 1 spiro atoms. The molecule has 1 aliphatic heterocycles. The van der Waals surface area contributed by atoms with Crippen molar-refractivity contribution >= 4 is 17.8 Å². The minimum Gasteiger partial charge on any atom is -0.468 e. The van der Waals surface area contributed by atoms with Gasteiger partial charge in [-0.3, -0.25) is 9.59 Å². The van der Waals surface area contributed by atoms with Gasteiger partial charge in [-0.25, -0.2) is 0 Å². The van der Waals surface area contributed by atoms with Gasteiger partial charge in [-0.15, -0.1) is 0 Å². The van der Waals surface area contributed by atoms with Crippen LogP contribution in [-0.2, 0) is 24.7 Å². The SMILES string of the molecule is COCOc1ccc2c(c1)[C@@]1(CCC(=O)O1)C(=O)C=C2. The molecule has 1 atom stereocenters. The fourth-order valence-corrected chi connectivity index (χ4v) is 2.62. The smallest absolute Gasteiger partial charge is 0.307 e. The lowest BCUT2D eigenvalue weighted by Crippen LogP contribution is -2.37. The molecule has 20 heavy (non-hydrogen) atoms. The molecular formula is C15H14O5. The van der Waals surface area contributed by atoms with Crippen molar-refractivity contribution in [2.45, 2.75) is 18.4 Å². The third-order valence-corrected chi connectivity index (χ3v) is 3.58. The number of fused-ring (bicyclic) bond motifs is 2. The molecule has 0 unspecified atom stereocenters. The average Bonchev–Trinajstić information content (AvgIpc) is 2.85. The van der Waals surface area contributed by atoms with E-state index in [1.165, 1.54) is 13.2 Å². The van der Waals surface area contributed by atoms with Gasteiger partial charge in [0.05, 0.1) is 6.42 Å². The number of ketones is 1. The van der Waals surface area contributed by atoms with Crippen LogP contribution in [0.3, 0.4) is 0 Å². The Kier molecular flexibility index (Phi) is 3.06. The van der Waals surface area contributed by atoms with E-state index in [1.54, 1.807) is 18.2 Å². The first-order valence-corrected chi connectivity index (χ1v) is 6.36. The Morgan fingerprint density at radius 3 is 2.85 bits per heavy atom. The largest absolute Gasteiger partial charge is 0.468 e. The molecule has 1 fully saturated rings. The molecule has 0 radical (unpaired) electrons. The fourth-order valence-electron chi connectivity index (χ4n) is 2.62. The Balaban J connectivity index is 2.05. The van der Waals surface area contributed by atoms with Gasteiger partial charge in [-0.2, -0.15) is 0 Å². The molecule has 5 nitrogen and oxygen atoms in total. The maximum Gasteiger partial charge on any atom is 0.307 e. The first-order chi connectivity index (χ1) is 9.65. The van der Waals surface area contributed by atoms with Crippen LogP contribution >= 0.6 is 0 Å². The maximum atomic E-state index is 12.2. The van der Waals surface area contributed by atoms with E-state index in [2.05, 4.69) is 0 Å². The summed E-state index contributed by atoms with van der Waals surface area (Å²) >= 11 is 0. The summed E-state index contributed by atoms with van der Waals surface area (Å²) in [5.41, 5.74) is 0.377. The number of hydrogen-bond donors (Lipinski definition) is 0. The number of carbonyl (C=O) groups excluding carboxylic acids is 2. The summed E-state index contributed by atoms with van der Waals surface area (Å²) in [5.74, 6) is 0.0404. The summed E-state index contributed by atoms with van der Waals surface area (Å²) in [6.07, 6.45) is 3.82. The number of benzene rings is 1. The van der Waals surface area contributed by atoms with Crippen LogP contribution in [0.15, 0.2) is 24.3 Å². The summed E-state index contributed by atoms with van der Waals surface area (Å²) in [6.45, 7) is 0.120. The summed E-state index contributed by atoms with van der Waals surface area (Å²) in [5, 5.41) is 0. The molecule has 1 aliphatic carbocycles. The van der Waals surface area contributed by atoms with Gasteiger partial charge in [-0.05, 0) is 23.8 Å². The highest BCUT2D eigenvalue weighted by molar-refractivity contribution is 6.06. The third-order valence-electron chi connectivity index (χ3n) is 3.58. The molecule has 1 aromatic carbocycles. The zero-order valence-corrected chi connectivity index (χ0v) is 11.0. The van der Waals surface area contributed by atoms with Crippen LogP contribution < -0.4 is 4.74 Å². The molecule has 2 aliphatic rings. The summed E-state index contributed by atoms with van der Waals surface area (Å²) < 4.78 is 15.6. The van der Waals surface area contributed by atoms with Crippen molar-refractivity contribution in [3.05, 3.63) is 35.4 Å². The minimum atomic E-state index is -1.17. The van der Waals surface area contributed by atoms with E-state index < -0.39 is 5.60 Å². The zero-order chi connectivity index (χ0) is 14.2. The number of methoxy groups -OCH3 is 1. The van der Waals surface area contributed by atoms with Gasteiger partial charge < -0.3 is 14.2 Å². The first-order valence-electron chi connectivity index (χ1n) is 6.36. The highest BCUT2D eigenvalue weighted by Crippen LogP contribution is 2.43. The molecule has 0 N–H and O–H groups in total. The van der Waals surface area contributed by atoms with Crippen LogP contribution in [0.4, 0.5) is 0 Å². The van der Waals surface area contributed by atoms with Crippen LogP contribution in [0.2, 0.25) is 0 Å². The maximum absolute atomic E-state index is 12.2. The Hall–Kier alpha value is -2.14. The highest BCUT2D eigenvalue weighted by atomic mass is 16.7. The van der Waals surface area contributed by atoms with Crippen LogP contribution in [0.1, 0.15) is 24.0 Å². The van der Waals surface area contributed by atoms with Gasteiger partial charge in [0.25, 0.3) is 0 Å². The van der Waals surface area contributed by atoms with Crippen LogP contribution in [0, 0.1) is 0 Å². The predicted molar refractivity (Wildman–Crippen MR) is 70.0 cm³/mol. The predicted octanol–water partition coefficient (Wildman–Crippen LogP) is 1.80. The molecule has 3 rings (SSSR count). The van der Waals surface area contributed by atoms with E-state index in [0.717, 1.165) is 5.56 Å². The van der Waals surface area contributed by atoms with E-state index in [0.29, 0.717) is 17.7 Å². The second-order valence-electron chi connectivity index (χ2n) is 4.80. The van der Waals surface area contributed by atoms with E-state index >= 15 is 0 Å². The van der Waals surface area contributed by atoms with Gasteiger partial charge in [-0.1, -0.05) is 12.1 Å². The molecule has 0 bridgehead atoms. The van der Waals surface area contributed by atoms with Gasteiger partial charge in [0.2, 0.25) is 5.78 Å². The molecule has 0 saturated carbocycles. The van der Waals surface area contributed by atoms with Gasteiger partial charge in [0, 0.05) is 19.1 Å². The van der Waals surface area contributed by atoms with Crippen LogP contribution in [-0.4, -0.2) is 25.7 Å².